The maximum Gasteiger partial charge on any atom is 0.274 e. The van der Waals surface area contributed by atoms with Crippen LogP contribution in [0, 0.1) is 0 Å². The van der Waals surface area contributed by atoms with Gasteiger partial charge in [0.2, 0.25) is 0 Å². The summed E-state index contributed by atoms with van der Waals surface area (Å²) in [5.41, 5.74) is 1.17. The zero-order valence-corrected chi connectivity index (χ0v) is 15.0. The number of anilines is 1. The number of hydrogen-bond acceptors (Lipinski definition) is 5. The number of carbonyl (C=O) groups is 2. The number of benzene rings is 1. The molecule has 1 heterocycles. The molecule has 1 aromatic carbocycles. The lowest BCUT2D eigenvalue weighted by Crippen LogP contribution is -2.25. The van der Waals surface area contributed by atoms with Gasteiger partial charge in [-0.3, -0.25) is 14.6 Å². The Morgan fingerprint density at radius 3 is 2.58 bits per heavy atom. The van der Waals surface area contributed by atoms with Crippen molar-refractivity contribution >= 4 is 17.5 Å². The van der Waals surface area contributed by atoms with Crippen LogP contribution in [-0.2, 0) is 4.74 Å². The number of pyridine rings is 1. The largest absolute Gasteiger partial charge is 0.494 e. The molecule has 2 amide bonds. The van der Waals surface area contributed by atoms with Crippen molar-refractivity contribution in [1.29, 1.82) is 0 Å². The topological polar surface area (TPSA) is 89.5 Å². The summed E-state index contributed by atoms with van der Waals surface area (Å²) in [6.07, 6.45) is 2.16. The highest BCUT2D eigenvalue weighted by atomic mass is 16.5. The van der Waals surface area contributed by atoms with Gasteiger partial charge < -0.3 is 20.1 Å². The van der Waals surface area contributed by atoms with E-state index in [1.165, 1.54) is 12.3 Å². The van der Waals surface area contributed by atoms with Crippen LogP contribution >= 0.6 is 0 Å². The molecule has 0 radical (unpaired) electrons. The Morgan fingerprint density at radius 1 is 1.12 bits per heavy atom. The van der Waals surface area contributed by atoms with Gasteiger partial charge in [-0.15, -0.1) is 0 Å². The van der Waals surface area contributed by atoms with Gasteiger partial charge in [-0.25, -0.2) is 0 Å². The standard InChI is InChI=1S/C19H23N3O4/c1-3-26-16-7-5-15(6-8-16)22-19(24)17-13-14(9-11-20-17)18(23)21-10-4-12-25-2/h5-9,11,13H,3-4,10,12H2,1-2H3,(H,21,23)(H,22,24). The van der Waals surface area contributed by atoms with Gasteiger partial charge in [-0.2, -0.15) is 0 Å². The molecule has 0 fully saturated rings. The number of carbonyl (C=O) groups excluding carboxylic acids is 2. The Balaban J connectivity index is 1.97. The average Bonchev–Trinajstić information content (AvgIpc) is 2.67. The molecule has 0 unspecified atom stereocenters. The van der Waals surface area contributed by atoms with Crippen LogP contribution in [0.15, 0.2) is 42.6 Å². The van der Waals surface area contributed by atoms with Gasteiger partial charge in [0.25, 0.3) is 11.8 Å². The Morgan fingerprint density at radius 2 is 1.88 bits per heavy atom. The molecule has 0 aliphatic heterocycles. The van der Waals surface area contributed by atoms with Crippen LogP contribution < -0.4 is 15.4 Å². The second-order valence-electron chi connectivity index (χ2n) is 5.44. The van der Waals surface area contributed by atoms with Crippen LogP contribution in [0.1, 0.15) is 34.2 Å². The van der Waals surface area contributed by atoms with Crippen molar-refractivity contribution in [2.24, 2.45) is 0 Å². The number of rotatable bonds is 9. The predicted molar refractivity (Wildman–Crippen MR) is 98.6 cm³/mol. The molecule has 2 aromatic rings. The van der Waals surface area contributed by atoms with Crippen molar-refractivity contribution in [1.82, 2.24) is 10.3 Å². The zero-order valence-electron chi connectivity index (χ0n) is 15.0. The smallest absolute Gasteiger partial charge is 0.274 e. The molecule has 0 saturated heterocycles. The van der Waals surface area contributed by atoms with Gasteiger partial charge in [0.1, 0.15) is 11.4 Å². The summed E-state index contributed by atoms with van der Waals surface area (Å²) in [5.74, 6) is 0.0950. The molecule has 0 atom stereocenters. The van der Waals surface area contributed by atoms with Gasteiger partial charge in [-0.1, -0.05) is 0 Å². The molecule has 0 aliphatic rings. The highest BCUT2D eigenvalue weighted by molar-refractivity contribution is 6.04. The van der Waals surface area contributed by atoms with Crippen LogP contribution in [0.5, 0.6) is 5.75 Å². The van der Waals surface area contributed by atoms with Gasteiger partial charge in [-0.05, 0) is 49.7 Å². The Kier molecular flexibility index (Phi) is 7.57. The number of nitrogens with zero attached hydrogens (tertiary/aromatic N) is 1. The number of amides is 2. The zero-order chi connectivity index (χ0) is 18.8. The first-order chi connectivity index (χ1) is 12.6. The average molecular weight is 357 g/mol. The van der Waals surface area contributed by atoms with Crippen LogP contribution in [0.25, 0.3) is 0 Å². The van der Waals surface area contributed by atoms with Crippen LogP contribution in [-0.4, -0.2) is 43.7 Å². The number of hydrogen-bond donors (Lipinski definition) is 2. The third-order valence-electron chi connectivity index (χ3n) is 3.49. The van der Waals surface area contributed by atoms with E-state index in [4.69, 9.17) is 9.47 Å². The van der Waals surface area contributed by atoms with E-state index in [1.807, 2.05) is 6.92 Å². The van der Waals surface area contributed by atoms with Crippen LogP contribution in [0.3, 0.4) is 0 Å². The van der Waals surface area contributed by atoms with Crippen molar-refractivity contribution in [3.63, 3.8) is 0 Å². The monoisotopic (exact) mass is 357 g/mol. The van der Waals surface area contributed by atoms with Gasteiger partial charge in [0.05, 0.1) is 6.61 Å². The molecule has 2 N–H and O–H groups in total. The number of aromatic nitrogens is 1. The molecule has 7 heteroatoms. The molecular formula is C19H23N3O4. The summed E-state index contributed by atoms with van der Waals surface area (Å²) in [6, 6.07) is 10.1. The maximum absolute atomic E-state index is 12.3. The van der Waals surface area contributed by atoms with E-state index in [2.05, 4.69) is 15.6 Å². The number of nitrogens with one attached hydrogen (secondary N) is 2. The summed E-state index contributed by atoms with van der Waals surface area (Å²) in [4.78, 5) is 28.5. The maximum atomic E-state index is 12.3. The second kappa shape index (κ2) is 10.1. The molecule has 0 spiro atoms. The molecule has 2 rings (SSSR count). The third-order valence-corrected chi connectivity index (χ3v) is 3.49. The summed E-state index contributed by atoms with van der Waals surface area (Å²) in [5, 5.41) is 5.52. The molecule has 0 saturated carbocycles. The fourth-order valence-corrected chi connectivity index (χ4v) is 2.21. The van der Waals surface area contributed by atoms with Gasteiger partial charge in [0.15, 0.2) is 0 Å². The SMILES string of the molecule is CCOc1ccc(NC(=O)c2cc(C(=O)NCCCOC)ccn2)cc1. The van der Waals surface area contributed by atoms with Crippen LogP contribution in [0.2, 0.25) is 0 Å². The summed E-state index contributed by atoms with van der Waals surface area (Å²) >= 11 is 0. The highest BCUT2D eigenvalue weighted by Gasteiger charge is 2.12. The highest BCUT2D eigenvalue weighted by Crippen LogP contribution is 2.16. The Labute approximate surface area is 152 Å². The normalized spacial score (nSPS) is 10.2. The quantitative estimate of drug-likeness (QED) is 0.673. The Hall–Kier alpha value is -2.93. The van der Waals surface area contributed by atoms with Crippen LogP contribution in [0.4, 0.5) is 5.69 Å². The first kappa shape index (κ1) is 19.4. The Bertz CT molecular complexity index is 732. The van der Waals surface area contributed by atoms with Crippen molar-refractivity contribution in [2.45, 2.75) is 13.3 Å². The van der Waals surface area contributed by atoms with E-state index in [0.717, 1.165) is 12.2 Å². The van der Waals surface area contributed by atoms with Crippen molar-refractivity contribution in [3.05, 3.63) is 53.9 Å². The first-order valence-corrected chi connectivity index (χ1v) is 8.41. The van der Waals surface area contributed by atoms with E-state index in [0.29, 0.717) is 31.0 Å². The minimum Gasteiger partial charge on any atom is -0.494 e. The number of ether oxygens (including phenoxy) is 2. The fourth-order valence-electron chi connectivity index (χ4n) is 2.21. The minimum absolute atomic E-state index is 0.170. The lowest BCUT2D eigenvalue weighted by atomic mass is 10.2. The molecule has 7 nitrogen and oxygen atoms in total. The molecule has 26 heavy (non-hydrogen) atoms. The van der Waals surface area contributed by atoms with E-state index in [-0.39, 0.29) is 17.5 Å². The van der Waals surface area contributed by atoms with E-state index in [9.17, 15) is 9.59 Å². The summed E-state index contributed by atoms with van der Waals surface area (Å²) in [7, 11) is 1.61. The minimum atomic E-state index is -0.386. The lowest BCUT2D eigenvalue weighted by Gasteiger charge is -2.08. The van der Waals surface area contributed by atoms with Gasteiger partial charge >= 0.3 is 0 Å². The molecule has 1 aromatic heterocycles. The molecule has 0 aliphatic carbocycles. The fraction of sp³-hybridized carbons (Fsp3) is 0.316. The first-order valence-electron chi connectivity index (χ1n) is 8.41. The number of methoxy groups -OCH3 is 1. The summed E-state index contributed by atoms with van der Waals surface area (Å²) in [6.45, 7) is 3.56. The molecule has 138 valence electrons. The molecular weight excluding hydrogens is 334 g/mol. The van der Waals surface area contributed by atoms with E-state index < -0.39 is 0 Å². The predicted octanol–water partition coefficient (Wildman–Crippen LogP) is 2.50. The van der Waals surface area contributed by atoms with E-state index >= 15 is 0 Å². The second-order valence-corrected chi connectivity index (χ2v) is 5.44. The lowest BCUT2D eigenvalue weighted by molar-refractivity contribution is 0.0948. The van der Waals surface area contributed by atoms with Crippen molar-refractivity contribution in [3.8, 4) is 5.75 Å². The van der Waals surface area contributed by atoms with Crippen molar-refractivity contribution in [2.75, 3.05) is 32.2 Å². The molecule has 0 bridgehead atoms. The third kappa shape index (κ3) is 5.86. The van der Waals surface area contributed by atoms with E-state index in [1.54, 1.807) is 37.4 Å². The summed E-state index contributed by atoms with van der Waals surface area (Å²) < 4.78 is 10.3. The van der Waals surface area contributed by atoms with Gasteiger partial charge in [0, 0.05) is 37.7 Å². The van der Waals surface area contributed by atoms with Crippen molar-refractivity contribution < 1.29 is 19.1 Å².